The third-order valence-corrected chi connectivity index (χ3v) is 5.81. The lowest BCUT2D eigenvalue weighted by Crippen LogP contribution is -2.46. The van der Waals surface area contributed by atoms with Crippen LogP contribution in [0.2, 0.25) is 5.02 Å². The molecule has 0 amide bonds. The van der Waals surface area contributed by atoms with Gasteiger partial charge in [0.25, 0.3) is 0 Å². The number of ether oxygens (including phenoxy) is 1. The van der Waals surface area contributed by atoms with Crippen molar-refractivity contribution >= 4 is 22.7 Å². The summed E-state index contributed by atoms with van der Waals surface area (Å²) in [7, 11) is 1.36. The van der Waals surface area contributed by atoms with E-state index in [9.17, 15) is 23.1 Å². The van der Waals surface area contributed by atoms with Crippen molar-refractivity contribution in [3.63, 3.8) is 0 Å². The number of fused-ring (bicyclic) bond motifs is 1. The molecule has 2 unspecified atom stereocenters. The van der Waals surface area contributed by atoms with Gasteiger partial charge in [0.2, 0.25) is 0 Å². The zero-order valence-electron chi connectivity index (χ0n) is 17.3. The molecule has 0 saturated carbocycles. The fraction of sp³-hybridized carbons (Fsp3) is 0.227. The van der Waals surface area contributed by atoms with Crippen molar-refractivity contribution in [2.75, 3.05) is 0 Å². The fourth-order valence-corrected chi connectivity index (χ4v) is 3.95. The van der Waals surface area contributed by atoms with Crippen molar-refractivity contribution in [2.45, 2.75) is 24.6 Å². The number of hydrogen-bond donors (Lipinski definition) is 1. The van der Waals surface area contributed by atoms with Gasteiger partial charge in [-0.15, -0.1) is 0 Å². The van der Waals surface area contributed by atoms with Crippen LogP contribution < -0.4 is 10.5 Å². The van der Waals surface area contributed by atoms with Crippen LogP contribution in [0.5, 0.6) is 11.8 Å². The molecule has 0 aliphatic heterocycles. The van der Waals surface area contributed by atoms with Gasteiger partial charge in [0, 0.05) is 30.4 Å². The molecule has 0 fully saturated rings. The second kappa shape index (κ2) is 8.20. The summed E-state index contributed by atoms with van der Waals surface area (Å²) in [6.45, 7) is 1.22. The number of benzene rings is 2. The minimum Gasteiger partial charge on any atom is -0.424 e. The molecule has 7 nitrogen and oxygen atoms in total. The number of halogens is 4. The summed E-state index contributed by atoms with van der Waals surface area (Å²) < 4.78 is 54.4. The Labute approximate surface area is 190 Å². The van der Waals surface area contributed by atoms with Gasteiger partial charge in [0.15, 0.2) is 11.2 Å². The molecule has 0 aliphatic carbocycles. The van der Waals surface area contributed by atoms with E-state index < -0.39 is 29.0 Å². The zero-order chi connectivity index (χ0) is 24.0. The van der Waals surface area contributed by atoms with E-state index in [1.54, 1.807) is 6.07 Å². The molecule has 2 heterocycles. The van der Waals surface area contributed by atoms with Crippen LogP contribution in [0, 0.1) is 0 Å². The summed E-state index contributed by atoms with van der Waals surface area (Å²) in [5.74, 6) is -2.03. The Morgan fingerprint density at radius 2 is 1.85 bits per heavy atom. The van der Waals surface area contributed by atoms with E-state index in [-0.39, 0.29) is 33.4 Å². The lowest BCUT2D eigenvalue weighted by molar-refractivity contribution is -0.274. The number of aromatic nitrogens is 3. The summed E-state index contributed by atoms with van der Waals surface area (Å²) in [5.41, 5.74) is -3.51. The highest BCUT2D eigenvalue weighted by Crippen LogP contribution is 2.50. The van der Waals surface area contributed by atoms with Gasteiger partial charge in [-0.25, -0.2) is 14.8 Å². The van der Waals surface area contributed by atoms with E-state index in [1.165, 1.54) is 50.6 Å². The van der Waals surface area contributed by atoms with E-state index in [4.69, 9.17) is 20.8 Å². The Hall–Kier alpha value is -3.37. The maximum atomic E-state index is 14.3. The molecule has 0 spiro atoms. The highest BCUT2D eigenvalue weighted by Gasteiger charge is 2.59. The second-order valence-corrected chi connectivity index (χ2v) is 7.82. The van der Waals surface area contributed by atoms with Gasteiger partial charge < -0.3 is 14.3 Å². The molecule has 0 aliphatic rings. The van der Waals surface area contributed by atoms with Crippen molar-refractivity contribution < 1.29 is 27.4 Å². The van der Waals surface area contributed by atoms with Crippen LogP contribution in [0.3, 0.4) is 0 Å². The first kappa shape index (κ1) is 22.8. The largest absolute Gasteiger partial charge is 0.424 e. The summed E-state index contributed by atoms with van der Waals surface area (Å²) in [6.07, 6.45) is -2.13. The quantitative estimate of drug-likeness (QED) is 0.437. The first-order chi connectivity index (χ1) is 15.5. The number of aryl methyl sites for hydroxylation is 1. The third kappa shape index (κ3) is 3.96. The van der Waals surface area contributed by atoms with Crippen molar-refractivity contribution in [1.29, 1.82) is 0 Å². The van der Waals surface area contributed by atoms with E-state index in [0.717, 1.165) is 16.7 Å². The van der Waals surface area contributed by atoms with E-state index >= 15 is 0 Å². The number of nitrogens with zero attached hydrogens (tertiary/aromatic N) is 3. The SMILES string of the molecule is CC(c1ccc(Oc2ncccn2)cc1Cl)C(O)(c1ccc2oc(=O)n(C)c2c1)C(F)(F)F. The summed E-state index contributed by atoms with van der Waals surface area (Å²) in [4.78, 5) is 19.6. The van der Waals surface area contributed by atoms with Gasteiger partial charge in [-0.1, -0.05) is 30.7 Å². The smallest absolute Gasteiger partial charge is 0.422 e. The van der Waals surface area contributed by atoms with Gasteiger partial charge in [0.05, 0.1) is 5.52 Å². The van der Waals surface area contributed by atoms with Crippen LogP contribution in [0.15, 0.2) is 64.1 Å². The molecule has 2 aromatic heterocycles. The van der Waals surface area contributed by atoms with Crippen LogP contribution >= 0.6 is 11.6 Å². The minimum absolute atomic E-state index is 0.0407. The monoisotopic (exact) mass is 479 g/mol. The van der Waals surface area contributed by atoms with E-state index in [0.29, 0.717) is 0 Å². The van der Waals surface area contributed by atoms with E-state index in [2.05, 4.69) is 9.97 Å². The molecule has 2 atom stereocenters. The van der Waals surface area contributed by atoms with Crippen LogP contribution in [-0.2, 0) is 12.6 Å². The molecule has 11 heteroatoms. The average molecular weight is 480 g/mol. The average Bonchev–Trinajstić information content (AvgIpc) is 3.06. The Kier molecular flexibility index (Phi) is 5.67. The molecule has 172 valence electrons. The first-order valence-corrected chi connectivity index (χ1v) is 10.0. The molecule has 4 rings (SSSR count). The first-order valence-electron chi connectivity index (χ1n) is 9.66. The number of oxazole rings is 1. The Bertz CT molecular complexity index is 1370. The van der Waals surface area contributed by atoms with Crippen molar-refractivity contribution in [3.05, 3.63) is 81.6 Å². The second-order valence-electron chi connectivity index (χ2n) is 7.41. The zero-order valence-corrected chi connectivity index (χ0v) is 18.1. The molecule has 33 heavy (non-hydrogen) atoms. The summed E-state index contributed by atoms with van der Waals surface area (Å²) >= 11 is 6.30. The molecule has 4 aromatic rings. The fourth-order valence-electron chi connectivity index (χ4n) is 3.61. The van der Waals surface area contributed by atoms with Crippen molar-refractivity contribution in [3.8, 4) is 11.8 Å². The molecule has 0 bridgehead atoms. The van der Waals surface area contributed by atoms with Gasteiger partial charge in [-0.05, 0) is 41.5 Å². The van der Waals surface area contributed by atoms with Gasteiger partial charge >= 0.3 is 17.9 Å². The predicted octanol–water partition coefficient (Wildman–Crippen LogP) is 4.92. The number of alkyl halides is 3. The molecular formula is C22H17ClF3N3O4. The topological polar surface area (TPSA) is 90.4 Å². The number of aliphatic hydroxyl groups is 1. The molecule has 0 saturated heterocycles. The molecule has 2 aromatic carbocycles. The summed E-state index contributed by atoms with van der Waals surface area (Å²) in [5, 5.41) is 11.0. The van der Waals surface area contributed by atoms with Crippen LogP contribution in [0.1, 0.15) is 24.0 Å². The van der Waals surface area contributed by atoms with Gasteiger partial charge in [0.1, 0.15) is 5.75 Å². The van der Waals surface area contributed by atoms with Gasteiger partial charge in [-0.2, -0.15) is 13.2 Å². The maximum Gasteiger partial charge on any atom is 0.422 e. The maximum absolute atomic E-state index is 14.3. The normalized spacial score (nSPS) is 14.8. The predicted molar refractivity (Wildman–Crippen MR) is 113 cm³/mol. The minimum atomic E-state index is -5.07. The Morgan fingerprint density at radius 1 is 1.15 bits per heavy atom. The van der Waals surface area contributed by atoms with Gasteiger partial charge in [-0.3, -0.25) is 4.57 Å². The number of hydrogen-bond acceptors (Lipinski definition) is 6. The molecular weight excluding hydrogens is 463 g/mol. The Balaban J connectivity index is 1.76. The molecule has 0 radical (unpaired) electrons. The third-order valence-electron chi connectivity index (χ3n) is 5.48. The highest BCUT2D eigenvalue weighted by molar-refractivity contribution is 6.31. The lowest BCUT2D eigenvalue weighted by Gasteiger charge is -2.37. The Morgan fingerprint density at radius 3 is 2.48 bits per heavy atom. The highest BCUT2D eigenvalue weighted by atomic mass is 35.5. The van der Waals surface area contributed by atoms with Crippen LogP contribution in [0.25, 0.3) is 11.1 Å². The number of rotatable bonds is 5. The standard InChI is InChI=1S/C22H17ClF3N3O4/c1-12(15-6-5-14(11-16(15)23)32-19-27-8-3-9-28-19)21(31,22(24,25)26)13-4-7-18-17(10-13)29(2)20(30)33-18/h3-12,31H,1-2H3. The lowest BCUT2D eigenvalue weighted by atomic mass is 9.77. The molecule has 1 N–H and O–H groups in total. The van der Waals surface area contributed by atoms with E-state index in [1.807, 2.05) is 0 Å². The van der Waals surface area contributed by atoms with Crippen molar-refractivity contribution in [2.24, 2.45) is 7.05 Å². The van der Waals surface area contributed by atoms with Crippen molar-refractivity contribution in [1.82, 2.24) is 14.5 Å². The van der Waals surface area contributed by atoms with Crippen LogP contribution in [-0.4, -0.2) is 25.8 Å². The summed E-state index contributed by atoms with van der Waals surface area (Å²) in [6, 6.07) is 9.09. The van der Waals surface area contributed by atoms with Crippen LogP contribution in [0.4, 0.5) is 13.2 Å².